The summed E-state index contributed by atoms with van der Waals surface area (Å²) >= 11 is 12.8. The van der Waals surface area contributed by atoms with Crippen molar-refractivity contribution in [2.45, 2.75) is 24.9 Å². The van der Waals surface area contributed by atoms with E-state index in [-0.39, 0.29) is 16.4 Å². The van der Waals surface area contributed by atoms with Crippen LogP contribution in [0.25, 0.3) is 10.9 Å². The van der Waals surface area contributed by atoms with E-state index >= 15 is 0 Å². The average molecular weight is 634 g/mol. The van der Waals surface area contributed by atoms with Crippen LogP contribution in [0, 0.1) is 28.9 Å². The zero-order valence-corrected chi connectivity index (χ0v) is 24.9. The smallest absolute Gasteiger partial charge is 0.141 e. The lowest BCUT2D eigenvalue weighted by Crippen LogP contribution is -2.59. The van der Waals surface area contributed by atoms with E-state index in [4.69, 9.17) is 23.2 Å². The van der Waals surface area contributed by atoms with Crippen LogP contribution in [0.3, 0.4) is 0 Å². The number of nitriles is 1. The third-order valence-corrected chi connectivity index (χ3v) is 9.22. The van der Waals surface area contributed by atoms with Crippen molar-refractivity contribution in [2.75, 3.05) is 30.3 Å². The zero-order valence-electron chi connectivity index (χ0n) is 23.4. The second-order valence-electron chi connectivity index (χ2n) is 11.3. The summed E-state index contributed by atoms with van der Waals surface area (Å²) in [4.78, 5) is 6.94. The maximum atomic E-state index is 14.0. The number of nitrogens with zero attached hydrogens (tertiary/aromatic N) is 4. The van der Waals surface area contributed by atoms with E-state index in [0.29, 0.717) is 44.9 Å². The maximum Gasteiger partial charge on any atom is 0.141 e. The molecular weight excluding hydrogens is 605 g/mol. The highest BCUT2D eigenvalue weighted by molar-refractivity contribution is 6.36. The number of nitrogens with one attached hydrogen (secondary N) is 4. The van der Waals surface area contributed by atoms with Crippen LogP contribution >= 0.6 is 23.2 Å². The first-order valence-electron chi connectivity index (χ1n) is 14.4. The van der Waals surface area contributed by atoms with Crippen molar-refractivity contribution in [2.24, 2.45) is 5.92 Å². The van der Waals surface area contributed by atoms with Crippen molar-refractivity contribution in [1.82, 2.24) is 25.9 Å². The monoisotopic (exact) mass is 632 g/mol. The number of hydrogen-bond acceptors (Lipinski definition) is 8. The van der Waals surface area contributed by atoms with Crippen molar-refractivity contribution in [3.8, 4) is 6.07 Å². The Kier molecular flexibility index (Phi) is 7.64. The van der Waals surface area contributed by atoms with Gasteiger partial charge in [0.15, 0.2) is 0 Å². The Morgan fingerprint density at radius 3 is 2.48 bits per heavy atom. The van der Waals surface area contributed by atoms with Crippen LogP contribution in [0.15, 0.2) is 72.7 Å². The molecule has 0 saturated carbocycles. The Labute approximate surface area is 263 Å². The molecule has 1 aromatic heterocycles. The van der Waals surface area contributed by atoms with Gasteiger partial charge in [-0.05, 0) is 79.9 Å². The Morgan fingerprint density at radius 1 is 1.00 bits per heavy atom. The SMILES string of the molecule is N#Cc1cnc2c(Cl)cc(N[C@H](C3=CN(C4CN5CCC4CC5)NN3)c3ccc(F)cc3)cc2c1Nc1ccc(F)c(Cl)c1. The summed E-state index contributed by atoms with van der Waals surface area (Å²) in [5.74, 6) is -0.256. The second kappa shape index (κ2) is 11.7. The molecule has 4 aliphatic rings. The first kappa shape index (κ1) is 28.6. The van der Waals surface area contributed by atoms with Gasteiger partial charge in [0.1, 0.15) is 17.7 Å². The molecule has 5 heterocycles. The number of fused-ring (bicyclic) bond motifs is 4. The van der Waals surface area contributed by atoms with Crippen LogP contribution in [0.1, 0.15) is 30.0 Å². The predicted octanol–water partition coefficient (Wildman–Crippen LogP) is 6.85. The number of pyridine rings is 1. The number of hydrazine groups is 2. The van der Waals surface area contributed by atoms with Crippen LogP contribution in [0.4, 0.5) is 25.8 Å². The maximum absolute atomic E-state index is 14.0. The molecule has 3 aromatic carbocycles. The standard InChI is InChI=1S/C32H28Cl2F2N8/c33-25-12-22(5-6-27(25)36)39-30-20(14-37)15-38-32-24(30)11-23(13-26(32)34)40-31(19-1-3-21(35)4-2-19)28-16-44(42-41-28)29-17-43-9-7-18(29)8-10-43/h1-6,11-13,15-16,18,29,31,40-42H,7-10,17H2,(H,38,39)/t29?,31-/m0/s1. The molecule has 0 aliphatic carbocycles. The van der Waals surface area contributed by atoms with Crippen molar-refractivity contribution in [3.63, 3.8) is 0 Å². The van der Waals surface area contributed by atoms with Crippen molar-refractivity contribution < 1.29 is 8.78 Å². The minimum Gasteiger partial charge on any atom is -0.373 e. The van der Waals surface area contributed by atoms with E-state index in [1.165, 1.54) is 49.4 Å². The highest BCUT2D eigenvalue weighted by Crippen LogP contribution is 2.38. The van der Waals surface area contributed by atoms with Crippen molar-refractivity contribution >= 4 is 51.2 Å². The summed E-state index contributed by atoms with van der Waals surface area (Å²) in [5, 5.41) is 19.7. The topological polar surface area (TPSA) is 91.3 Å². The molecule has 8 nitrogen and oxygen atoms in total. The van der Waals surface area contributed by atoms with Crippen LogP contribution < -0.4 is 21.6 Å². The predicted molar refractivity (Wildman–Crippen MR) is 168 cm³/mol. The van der Waals surface area contributed by atoms with E-state index in [1.807, 2.05) is 6.07 Å². The van der Waals surface area contributed by atoms with Crippen LogP contribution in [-0.4, -0.2) is 40.6 Å². The van der Waals surface area contributed by atoms with E-state index < -0.39 is 11.9 Å². The highest BCUT2D eigenvalue weighted by Gasteiger charge is 2.38. The van der Waals surface area contributed by atoms with Gasteiger partial charge in [0.05, 0.1) is 44.6 Å². The number of hydrogen-bond donors (Lipinski definition) is 4. The third-order valence-electron chi connectivity index (χ3n) is 8.65. The van der Waals surface area contributed by atoms with Crippen LogP contribution in [-0.2, 0) is 0 Å². The lowest BCUT2D eigenvalue weighted by atomic mass is 9.84. The number of aromatic nitrogens is 1. The molecule has 3 fully saturated rings. The molecule has 12 heteroatoms. The van der Waals surface area contributed by atoms with E-state index in [2.05, 4.69) is 48.8 Å². The van der Waals surface area contributed by atoms with Gasteiger partial charge < -0.3 is 21.0 Å². The molecule has 0 spiro atoms. The fourth-order valence-electron chi connectivity index (χ4n) is 6.36. The summed E-state index contributed by atoms with van der Waals surface area (Å²) in [6, 6.07) is 16.3. The largest absolute Gasteiger partial charge is 0.373 e. The van der Waals surface area contributed by atoms with Crippen LogP contribution in [0.2, 0.25) is 10.0 Å². The first-order valence-corrected chi connectivity index (χ1v) is 15.1. The summed E-state index contributed by atoms with van der Waals surface area (Å²) in [6.07, 6.45) is 5.88. The molecule has 4 aromatic rings. The molecule has 4 aliphatic heterocycles. The summed E-state index contributed by atoms with van der Waals surface area (Å²) in [5.41, 5.74) is 10.7. The number of piperidine rings is 3. The third kappa shape index (κ3) is 5.48. The molecule has 2 atom stereocenters. The second-order valence-corrected chi connectivity index (χ2v) is 12.1. The molecule has 1 unspecified atom stereocenters. The lowest BCUT2D eigenvalue weighted by molar-refractivity contribution is 0.00640. The van der Waals surface area contributed by atoms with Crippen molar-refractivity contribution in [1.29, 1.82) is 5.26 Å². The average Bonchev–Trinajstić information content (AvgIpc) is 3.53. The van der Waals surface area contributed by atoms with Gasteiger partial charge in [0, 0.05) is 35.7 Å². The number of halogens is 4. The normalized spacial score (nSPS) is 21.5. The van der Waals surface area contributed by atoms with Gasteiger partial charge in [0.25, 0.3) is 0 Å². The van der Waals surface area contributed by atoms with E-state index in [0.717, 1.165) is 30.9 Å². The Bertz CT molecular complexity index is 1800. The number of anilines is 3. The van der Waals surface area contributed by atoms with Gasteiger partial charge in [0.2, 0.25) is 0 Å². The molecule has 8 rings (SSSR count). The summed E-state index contributed by atoms with van der Waals surface area (Å²) in [7, 11) is 0. The molecule has 224 valence electrons. The molecular formula is C32H28Cl2F2N8. The molecule has 0 radical (unpaired) electrons. The molecule has 4 N–H and O–H groups in total. The van der Waals surface area contributed by atoms with Gasteiger partial charge in [-0.15, -0.1) is 5.53 Å². The van der Waals surface area contributed by atoms with E-state index in [1.54, 1.807) is 18.2 Å². The lowest BCUT2D eigenvalue weighted by Gasteiger charge is -2.47. The zero-order chi connectivity index (χ0) is 30.4. The summed E-state index contributed by atoms with van der Waals surface area (Å²) < 4.78 is 27.8. The summed E-state index contributed by atoms with van der Waals surface area (Å²) in [6.45, 7) is 3.30. The van der Waals surface area contributed by atoms with Gasteiger partial charge in [-0.3, -0.25) is 9.99 Å². The molecule has 2 bridgehead atoms. The van der Waals surface area contributed by atoms with Gasteiger partial charge in [-0.1, -0.05) is 35.3 Å². The molecule has 0 amide bonds. The Morgan fingerprint density at radius 2 is 1.77 bits per heavy atom. The van der Waals surface area contributed by atoms with Gasteiger partial charge >= 0.3 is 0 Å². The number of benzene rings is 3. The van der Waals surface area contributed by atoms with Crippen LogP contribution in [0.5, 0.6) is 0 Å². The Balaban J connectivity index is 1.26. The van der Waals surface area contributed by atoms with Gasteiger partial charge in [-0.2, -0.15) is 5.26 Å². The quantitative estimate of drug-likeness (QED) is 0.176. The van der Waals surface area contributed by atoms with Gasteiger partial charge in [-0.25, -0.2) is 8.78 Å². The first-order chi connectivity index (χ1) is 21.4. The van der Waals surface area contributed by atoms with E-state index in [9.17, 15) is 14.0 Å². The Hall–Kier alpha value is -4.14. The number of rotatable bonds is 7. The molecule has 3 saturated heterocycles. The molecule has 44 heavy (non-hydrogen) atoms. The minimum absolute atomic E-state index is 0.0485. The fraction of sp³-hybridized carbons (Fsp3) is 0.250. The van der Waals surface area contributed by atoms with Crippen molar-refractivity contribution in [3.05, 3.63) is 105 Å². The highest BCUT2D eigenvalue weighted by atomic mass is 35.5. The minimum atomic E-state index is -0.546. The fourth-order valence-corrected chi connectivity index (χ4v) is 6.81.